The van der Waals surface area contributed by atoms with Crippen LogP contribution in [-0.2, 0) is 5.41 Å². The molecular formula is C16H25NS. The Hall–Kier alpha value is -0.470. The van der Waals surface area contributed by atoms with Gasteiger partial charge < -0.3 is 5.32 Å². The van der Waals surface area contributed by atoms with Crippen LogP contribution < -0.4 is 5.32 Å². The Balaban J connectivity index is 2.20. The molecule has 0 spiro atoms. The van der Waals surface area contributed by atoms with Crippen LogP contribution >= 0.6 is 11.8 Å². The fourth-order valence-electron chi connectivity index (χ4n) is 3.03. The lowest BCUT2D eigenvalue weighted by atomic mass is 9.71. The first-order chi connectivity index (χ1) is 8.54. The van der Waals surface area contributed by atoms with E-state index in [0.717, 1.165) is 0 Å². The molecule has 0 fully saturated rings. The molecule has 1 aromatic carbocycles. The van der Waals surface area contributed by atoms with E-state index in [1.54, 1.807) is 0 Å². The highest BCUT2D eigenvalue weighted by atomic mass is 32.2. The summed E-state index contributed by atoms with van der Waals surface area (Å²) >= 11 is 1.92. The second-order valence-corrected chi connectivity index (χ2v) is 7.00. The summed E-state index contributed by atoms with van der Waals surface area (Å²) in [5.74, 6) is 1.18. The van der Waals surface area contributed by atoms with Crippen LogP contribution in [0.5, 0.6) is 0 Å². The van der Waals surface area contributed by atoms with Crippen molar-refractivity contribution in [3.63, 3.8) is 0 Å². The van der Waals surface area contributed by atoms with Crippen LogP contribution in [0.4, 0.5) is 0 Å². The highest BCUT2D eigenvalue weighted by Crippen LogP contribution is 2.41. The Morgan fingerprint density at radius 2 is 2.11 bits per heavy atom. The van der Waals surface area contributed by atoms with Gasteiger partial charge in [-0.3, -0.25) is 0 Å². The summed E-state index contributed by atoms with van der Waals surface area (Å²) in [6.45, 7) is 7.03. The van der Waals surface area contributed by atoms with Gasteiger partial charge in [0.25, 0.3) is 0 Å². The highest BCUT2D eigenvalue weighted by molar-refractivity contribution is 7.98. The molecule has 0 heterocycles. The lowest BCUT2D eigenvalue weighted by Gasteiger charge is -2.38. The molecular weight excluding hydrogens is 238 g/mol. The molecule has 1 aliphatic rings. The van der Waals surface area contributed by atoms with E-state index in [9.17, 15) is 0 Å². The predicted molar refractivity (Wildman–Crippen MR) is 82.4 cm³/mol. The van der Waals surface area contributed by atoms with Gasteiger partial charge in [0.15, 0.2) is 0 Å². The third-order valence-corrected chi connectivity index (χ3v) is 4.86. The fraction of sp³-hybridized carbons (Fsp3) is 0.625. The fourth-order valence-corrected chi connectivity index (χ4v) is 3.62. The number of benzene rings is 1. The summed E-state index contributed by atoms with van der Waals surface area (Å²) in [7, 11) is 0. The van der Waals surface area contributed by atoms with E-state index in [1.165, 1.54) is 29.7 Å². The molecule has 0 radical (unpaired) electrons. The van der Waals surface area contributed by atoms with Crippen LogP contribution in [0.3, 0.4) is 0 Å². The average molecular weight is 263 g/mol. The average Bonchev–Trinajstić information content (AvgIpc) is 2.34. The molecule has 0 saturated carbocycles. The van der Waals surface area contributed by atoms with Crippen molar-refractivity contribution >= 4 is 11.8 Å². The molecule has 2 rings (SSSR count). The van der Waals surface area contributed by atoms with E-state index < -0.39 is 0 Å². The number of hydrogen-bond donors (Lipinski definition) is 1. The summed E-state index contributed by atoms with van der Waals surface area (Å²) in [5.41, 5.74) is 3.38. The largest absolute Gasteiger partial charge is 0.307 e. The van der Waals surface area contributed by atoms with Gasteiger partial charge in [-0.25, -0.2) is 0 Å². The quantitative estimate of drug-likeness (QED) is 0.876. The van der Waals surface area contributed by atoms with Crippen LogP contribution in [-0.4, -0.2) is 18.1 Å². The van der Waals surface area contributed by atoms with Gasteiger partial charge in [0.05, 0.1) is 0 Å². The van der Waals surface area contributed by atoms with Crippen LogP contribution in [0, 0.1) is 0 Å². The van der Waals surface area contributed by atoms with E-state index in [-0.39, 0.29) is 0 Å². The molecule has 1 nitrogen and oxygen atoms in total. The Morgan fingerprint density at radius 1 is 1.39 bits per heavy atom. The van der Waals surface area contributed by atoms with Gasteiger partial charge in [0.2, 0.25) is 0 Å². The third-order valence-electron chi connectivity index (χ3n) is 4.03. The van der Waals surface area contributed by atoms with Crippen molar-refractivity contribution in [1.29, 1.82) is 0 Å². The first-order valence-electron chi connectivity index (χ1n) is 6.89. The first kappa shape index (κ1) is 14.0. The molecule has 1 aliphatic carbocycles. The van der Waals surface area contributed by atoms with E-state index in [0.29, 0.717) is 17.5 Å². The Kier molecular flexibility index (Phi) is 4.39. The van der Waals surface area contributed by atoms with Gasteiger partial charge in [-0.2, -0.15) is 11.8 Å². The molecule has 100 valence electrons. The van der Waals surface area contributed by atoms with Crippen molar-refractivity contribution < 1.29 is 0 Å². The molecule has 0 bridgehead atoms. The van der Waals surface area contributed by atoms with Crippen molar-refractivity contribution in [3.05, 3.63) is 35.4 Å². The molecule has 0 aliphatic heterocycles. The predicted octanol–water partition coefficient (Wildman–Crippen LogP) is 4.14. The van der Waals surface area contributed by atoms with E-state index >= 15 is 0 Å². The number of thioether (sulfide) groups is 1. The van der Waals surface area contributed by atoms with Crippen LogP contribution in [0.25, 0.3) is 0 Å². The molecule has 0 amide bonds. The van der Waals surface area contributed by atoms with Crippen molar-refractivity contribution in [1.82, 2.24) is 5.32 Å². The number of fused-ring (bicyclic) bond motifs is 1. The van der Waals surface area contributed by atoms with Gasteiger partial charge in [0.1, 0.15) is 0 Å². The lowest BCUT2D eigenvalue weighted by molar-refractivity contribution is 0.345. The zero-order valence-electron chi connectivity index (χ0n) is 12.0. The molecule has 2 heteroatoms. The van der Waals surface area contributed by atoms with E-state index in [1.807, 2.05) is 11.8 Å². The summed E-state index contributed by atoms with van der Waals surface area (Å²) in [4.78, 5) is 0. The Labute approximate surface area is 116 Å². The number of nitrogens with one attached hydrogen (secondary N) is 1. The topological polar surface area (TPSA) is 12.0 Å². The van der Waals surface area contributed by atoms with Gasteiger partial charge in [-0.15, -0.1) is 0 Å². The van der Waals surface area contributed by atoms with Crippen LogP contribution in [0.1, 0.15) is 50.8 Å². The maximum Gasteiger partial charge on any atom is 0.0326 e. The minimum Gasteiger partial charge on any atom is -0.307 e. The minimum absolute atomic E-state index is 0.331. The summed E-state index contributed by atoms with van der Waals surface area (Å²) < 4.78 is 0. The highest BCUT2D eigenvalue weighted by Gasteiger charge is 2.32. The van der Waals surface area contributed by atoms with Crippen molar-refractivity contribution in [2.24, 2.45) is 0 Å². The monoisotopic (exact) mass is 263 g/mol. The molecule has 2 atom stereocenters. The maximum absolute atomic E-state index is 3.79. The summed E-state index contributed by atoms with van der Waals surface area (Å²) in [5, 5.41) is 3.79. The van der Waals surface area contributed by atoms with Crippen molar-refractivity contribution in [2.75, 3.05) is 12.0 Å². The zero-order chi connectivity index (χ0) is 13.2. The molecule has 1 aromatic rings. The van der Waals surface area contributed by atoms with Gasteiger partial charge >= 0.3 is 0 Å². The van der Waals surface area contributed by atoms with Gasteiger partial charge in [0, 0.05) is 17.8 Å². The second-order valence-electron chi connectivity index (χ2n) is 6.09. The third kappa shape index (κ3) is 2.92. The number of rotatable bonds is 4. The van der Waals surface area contributed by atoms with Crippen molar-refractivity contribution in [2.45, 2.75) is 51.1 Å². The standard InChI is InChI=1S/C16H25NS/c1-12(11-18-4)17-15-9-10-16(2,3)14-8-6-5-7-13(14)15/h5-8,12,15,17H,9-11H2,1-4H3. The smallest absolute Gasteiger partial charge is 0.0326 e. The molecule has 18 heavy (non-hydrogen) atoms. The zero-order valence-corrected chi connectivity index (χ0v) is 12.8. The molecule has 0 saturated heterocycles. The first-order valence-corrected chi connectivity index (χ1v) is 8.28. The molecule has 1 N–H and O–H groups in total. The van der Waals surface area contributed by atoms with Crippen LogP contribution in [0.15, 0.2) is 24.3 Å². The van der Waals surface area contributed by atoms with E-state index in [2.05, 4.69) is 56.6 Å². The molecule has 0 aromatic heterocycles. The lowest BCUT2D eigenvalue weighted by Crippen LogP contribution is -2.37. The summed E-state index contributed by atoms with van der Waals surface area (Å²) in [6, 6.07) is 10.1. The Bertz CT molecular complexity index is 400. The number of hydrogen-bond acceptors (Lipinski definition) is 2. The second kappa shape index (κ2) is 5.66. The van der Waals surface area contributed by atoms with Gasteiger partial charge in [-0.1, -0.05) is 38.1 Å². The SMILES string of the molecule is CSCC(C)NC1CCC(C)(C)c2ccccc21. The Morgan fingerprint density at radius 3 is 2.83 bits per heavy atom. The van der Waals surface area contributed by atoms with E-state index in [4.69, 9.17) is 0 Å². The maximum atomic E-state index is 3.79. The van der Waals surface area contributed by atoms with Gasteiger partial charge in [-0.05, 0) is 42.6 Å². The summed E-state index contributed by atoms with van der Waals surface area (Å²) in [6.07, 6.45) is 4.70. The normalized spacial score (nSPS) is 23.4. The minimum atomic E-state index is 0.331. The van der Waals surface area contributed by atoms with Crippen LogP contribution in [0.2, 0.25) is 0 Å². The molecule has 2 unspecified atom stereocenters. The van der Waals surface area contributed by atoms with Crippen molar-refractivity contribution in [3.8, 4) is 0 Å².